The summed E-state index contributed by atoms with van der Waals surface area (Å²) in [7, 11) is 2.22. The van der Waals surface area contributed by atoms with E-state index in [9.17, 15) is 0 Å². The van der Waals surface area contributed by atoms with Gasteiger partial charge in [0.2, 0.25) is 0 Å². The first-order valence-electron chi connectivity index (χ1n) is 5.97. The van der Waals surface area contributed by atoms with E-state index in [2.05, 4.69) is 46.1 Å². The van der Waals surface area contributed by atoms with Crippen LogP contribution in [0.15, 0.2) is 22.7 Å². The van der Waals surface area contributed by atoms with Crippen LogP contribution in [0, 0.1) is 11.8 Å². The standard InChI is InChI=1S/C13H13BrN2S/c1-16-5-8-9(6-16)12(8)13-15-10-4-7(14)2-3-11(10)17-13/h2-4,8-9,12H,5-6H2,1H3/t8-,9+,12-. The van der Waals surface area contributed by atoms with Gasteiger partial charge in [0.05, 0.1) is 15.2 Å². The zero-order valence-corrected chi connectivity index (χ0v) is 12.0. The van der Waals surface area contributed by atoms with Gasteiger partial charge in [-0.15, -0.1) is 11.3 Å². The third kappa shape index (κ3) is 1.58. The lowest BCUT2D eigenvalue weighted by Crippen LogP contribution is -2.18. The maximum atomic E-state index is 4.81. The van der Waals surface area contributed by atoms with Gasteiger partial charge in [-0.2, -0.15) is 0 Å². The molecule has 1 aliphatic carbocycles. The zero-order chi connectivity index (χ0) is 11.6. The molecule has 2 aliphatic rings. The summed E-state index contributed by atoms with van der Waals surface area (Å²) in [4.78, 5) is 7.25. The molecule has 1 aliphatic heterocycles. The van der Waals surface area contributed by atoms with Crippen molar-refractivity contribution >= 4 is 37.5 Å². The van der Waals surface area contributed by atoms with Crippen molar-refractivity contribution in [3.63, 3.8) is 0 Å². The number of nitrogens with zero attached hydrogens (tertiary/aromatic N) is 2. The fraction of sp³-hybridized carbons (Fsp3) is 0.462. The average Bonchev–Trinajstić information content (AvgIpc) is 2.68. The first kappa shape index (κ1) is 10.5. The predicted molar refractivity (Wildman–Crippen MR) is 74.5 cm³/mol. The molecular weight excluding hydrogens is 296 g/mol. The number of thiazole rings is 1. The molecule has 2 heterocycles. The predicted octanol–water partition coefficient (Wildman–Crippen LogP) is 3.33. The van der Waals surface area contributed by atoms with E-state index >= 15 is 0 Å². The van der Waals surface area contributed by atoms with Crippen LogP contribution in [0.25, 0.3) is 10.2 Å². The number of benzene rings is 1. The van der Waals surface area contributed by atoms with Crippen LogP contribution in [0.3, 0.4) is 0 Å². The Balaban J connectivity index is 1.69. The number of aromatic nitrogens is 1. The lowest BCUT2D eigenvalue weighted by Gasteiger charge is -2.11. The molecule has 1 saturated heterocycles. The van der Waals surface area contributed by atoms with Gasteiger partial charge in [-0.05, 0) is 37.1 Å². The maximum Gasteiger partial charge on any atom is 0.0976 e. The Morgan fingerprint density at radius 2 is 2.12 bits per heavy atom. The van der Waals surface area contributed by atoms with Gasteiger partial charge < -0.3 is 4.90 Å². The molecule has 17 heavy (non-hydrogen) atoms. The monoisotopic (exact) mass is 308 g/mol. The van der Waals surface area contributed by atoms with Gasteiger partial charge in [0.15, 0.2) is 0 Å². The highest BCUT2D eigenvalue weighted by Crippen LogP contribution is 2.58. The summed E-state index contributed by atoms with van der Waals surface area (Å²) in [6, 6.07) is 6.40. The van der Waals surface area contributed by atoms with Crippen LogP contribution >= 0.6 is 27.3 Å². The van der Waals surface area contributed by atoms with Crippen molar-refractivity contribution in [2.24, 2.45) is 11.8 Å². The summed E-state index contributed by atoms with van der Waals surface area (Å²) in [5, 5.41) is 1.36. The van der Waals surface area contributed by atoms with E-state index in [0.717, 1.165) is 27.7 Å². The Kier molecular flexibility index (Phi) is 2.17. The summed E-state index contributed by atoms with van der Waals surface area (Å²) < 4.78 is 2.44. The Hall–Kier alpha value is -0.450. The molecule has 4 heteroatoms. The van der Waals surface area contributed by atoms with Gasteiger partial charge in [0, 0.05) is 23.5 Å². The summed E-state index contributed by atoms with van der Waals surface area (Å²) in [5.41, 5.74) is 1.15. The van der Waals surface area contributed by atoms with E-state index in [1.165, 1.54) is 22.8 Å². The Morgan fingerprint density at radius 3 is 2.88 bits per heavy atom. The summed E-state index contributed by atoms with van der Waals surface area (Å²) in [6.07, 6.45) is 0. The van der Waals surface area contributed by atoms with E-state index in [0.29, 0.717) is 0 Å². The number of piperidine rings is 1. The van der Waals surface area contributed by atoms with Crippen LogP contribution in [0.2, 0.25) is 0 Å². The molecule has 2 nitrogen and oxygen atoms in total. The van der Waals surface area contributed by atoms with E-state index in [-0.39, 0.29) is 0 Å². The van der Waals surface area contributed by atoms with E-state index in [1.807, 2.05) is 11.3 Å². The lowest BCUT2D eigenvalue weighted by molar-refractivity contribution is 0.362. The van der Waals surface area contributed by atoms with Crippen molar-refractivity contribution in [2.45, 2.75) is 5.92 Å². The Labute approximate surface area is 113 Å². The SMILES string of the molecule is CN1C[C@@H]2[C@H](C1)[C@@H]2c1nc2cc(Br)ccc2s1. The molecule has 2 fully saturated rings. The molecule has 0 unspecified atom stereocenters. The molecule has 0 radical (unpaired) electrons. The second-order valence-electron chi connectivity index (χ2n) is 5.24. The fourth-order valence-corrected chi connectivity index (χ4v) is 4.71. The first-order chi connectivity index (χ1) is 8.22. The van der Waals surface area contributed by atoms with Crippen LogP contribution in [-0.4, -0.2) is 30.0 Å². The molecule has 3 atom stereocenters. The largest absolute Gasteiger partial charge is 0.306 e. The van der Waals surface area contributed by atoms with Crippen LogP contribution in [-0.2, 0) is 0 Å². The number of hydrogen-bond acceptors (Lipinski definition) is 3. The summed E-state index contributed by atoms with van der Waals surface area (Å²) in [5.74, 6) is 2.51. The number of likely N-dealkylation sites (tertiary alicyclic amines) is 1. The maximum absolute atomic E-state index is 4.81. The van der Waals surface area contributed by atoms with Crippen molar-refractivity contribution in [1.82, 2.24) is 9.88 Å². The molecule has 0 spiro atoms. The van der Waals surface area contributed by atoms with Gasteiger partial charge in [-0.3, -0.25) is 0 Å². The minimum Gasteiger partial charge on any atom is -0.306 e. The smallest absolute Gasteiger partial charge is 0.0976 e. The topological polar surface area (TPSA) is 16.1 Å². The minimum absolute atomic E-state index is 0.752. The zero-order valence-electron chi connectivity index (χ0n) is 9.56. The molecule has 88 valence electrons. The van der Waals surface area contributed by atoms with Crippen molar-refractivity contribution in [1.29, 1.82) is 0 Å². The summed E-state index contributed by atoms with van der Waals surface area (Å²) >= 11 is 5.39. The highest BCUT2D eigenvalue weighted by Gasteiger charge is 2.56. The Morgan fingerprint density at radius 1 is 1.35 bits per heavy atom. The van der Waals surface area contributed by atoms with Crippen molar-refractivity contribution < 1.29 is 0 Å². The third-order valence-corrected chi connectivity index (χ3v) is 5.66. The van der Waals surface area contributed by atoms with Crippen LogP contribution < -0.4 is 0 Å². The van der Waals surface area contributed by atoms with Crippen molar-refractivity contribution in [3.8, 4) is 0 Å². The highest BCUT2D eigenvalue weighted by atomic mass is 79.9. The average molecular weight is 309 g/mol. The quantitative estimate of drug-likeness (QED) is 0.803. The number of halogens is 1. The second-order valence-corrected chi connectivity index (χ2v) is 7.22. The van der Waals surface area contributed by atoms with Gasteiger partial charge >= 0.3 is 0 Å². The normalized spacial score (nSPS) is 32.0. The Bertz CT molecular complexity index is 582. The molecule has 1 aromatic heterocycles. The highest BCUT2D eigenvalue weighted by molar-refractivity contribution is 9.10. The lowest BCUT2D eigenvalue weighted by atomic mass is 10.3. The number of hydrogen-bond donors (Lipinski definition) is 0. The van der Waals surface area contributed by atoms with Crippen LogP contribution in [0.5, 0.6) is 0 Å². The van der Waals surface area contributed by atoms with Gasteiger partial charge in [-0.1, -0.05) is 15.9 Å². The molecule has 2 aromatic rings. The molecule has 0 amide bonds. The molecule has 1 aromatic carbocycles. The number of rotatable bonds is 1. The van der Waals surface area contributed by atoms with Crippen molar-refractivity contribution in [2.75, 3.05) is 20.1 Å². The first-order valence-corrected chi connectivity index (χ1v) is 7.58. The number of fused-ring (bicyclic) bond motifs is 2. The summed E-state index contributed by atoms with van der Waals surface area (Å²) in [6.45, 7) is 2.52. The van der Waals surface area contributed by atoms with Gasteiger partial charge in [-0.25, -0.2) is 4.98 Å². The van der Waals surface area contributed by atoms with Crippen LogP contribution in [0.4, 0.5) is 0 Å². The molecule has 0 N–H and O–H groups in total. The van der Waals surface area contributed by atoms with E-state index in [1.54, 1.807) is 0 Å². The fourth-order valence-electron chi connectivity index (χ4n) is 3.16. The van der Waals surface area contributed by atoms with E-state index in [4.69, 9.17) is 4.98 Å². The second kappa shape index (κ2) is 3.53. The third-order valence-electron chi connectivity index (χ3n) is 4.03. The minimum atomic E-state index is 0.752. The van der Waals surface area contributed by atoms with Gasteiger partial charge in [0.1, 0.15) is 0 Å². The van der Waals surface area contributed by atoms with Crippen molar-refractivity contribution in [3.05, 3.63) is 27.7 Å². The molecule has 1 saturated carbocycles. The van der Waals surface area contributed by atoms with Crippen LogP contribution in [0.1, 0.15) is 10.9 Å². The molecule has 4 rings (SSSR count). The molecule has 0 bridgehead atoms. The molecular formula is C13H13BrN2S. The van der Waals surface area contributed by atoms with E-state index < -0.39 is 0 Å². The van der Waals surface area contributed by atoms with Gasteiger partial charge in [0.25, 0.3) is 0 Å².